The monoisotopic (exact) mass is 574 g/mol. The van der Waals surface area contributed by atoms with Crippen LogP contribution < -0.4 is 15.8 Å². The molecular weight excluding hydrogens is 549 g/mol. The lowest BCUT2D eigenvalue weighted by atomic mass is 9.96. The highest BCUT2D eigenvalue weighted by atomic mass is 32.1. The van der Waals surface area contributed by atoms with Crippen LogP contribution in [0, 0.1) is 5.92 Å². The van der Waals surface area contributed by atoms with E-state index in [-0.39, 0.29) is 42.1 Å². The van der Waals surface area contributed by atoms with Gasteiger partial charge in [-0.2, -0.15) is 0 Å². The average molecular weight is 575 g/mol. The topological polar surface area (TPSA) is 132 Å². The molecule has 14 heteroatoms. The van der Waals surface area contributed by atoms with Gasteiger partial charge in [0.2, 0.25) is 17.8 Å². The Hall–Kier alpha value is -4.20. The van der Waals surface area contributed by atoms with Gasteiger partial charge in [0.1, 0.15) is 5.75 Å². The lowest BCUT2D eigenvalue weighted by molar-refractivity contribution is -0.274. The third kappa shape index (κ3) is 6.01. The van der Waals surface area contributed by atoms with Crippen LogP contribution in [0.15, 0.2) is 36.4 Å². The minimum absolute atomic E-state index is 0.0454. The van der Waals surface area contributed by atoms with Crippen molar-refractivity contribution < 1.29 is 32.3 Å². The van der Waals surface area contributed by atoms with E-state index in [4.69, 9.17) is 5.73 Å². The summed E-state index contributed by atoms with van der Waals surface area (Å²) in [6, 6.07) is 9.01. The summed E-state index contributed by atoms with van der Waals surface area (Å²) in [6.45, 7) is 0.904. The summed E-state index contributed by atoms with van der Waals surface area (Å²) < 4.78 is 43.9. The second kappa shape index (κ2) is 10.8. The zero-order valence-electron chi connectivity index (χ0n) is 21.3. The standard InChI is InChI=1S/C26H25F3N6O4S/c1-34-19-5-2-15(20(36)6-7-22(37)35-10-8-14(9-11-35)23(30)38)12-18(19)31-24(34)33-25-32-17-4-3-16(13-21(17)40-25)39-26(27,28)29/h2-5,12-14H,6-11H2,1H3,(H2,30,38)(H,31,32,33). The molecule has 1 saturated heterocycles. The van der Waals surface area contributed by atoms with E-state index in [0.717, 1.165) is 16.9 Å². The van der Waals surface area contributed by atoms with Crippen molar-refractivity contribution in [1.82, 2.24) is 19.4 Å². The number of anilines is 2. The molecule has 10 nitrogen and oxygen atoms in total. The Balaban J connectivity index is 1.24. The Morgan fingerprint density at radius 3 is 2.52 bits per heavy atom. The molecule has 3 heterocycles. The maximum atomic E-state index is 12.8. The van der Waals surface area contributed by atoms with Crippen molar-refractivity contribution >= 4 is 61.3 Å². The summed E-state index contributed by atoms with van der Waals surface area (Å²) in [5, 5.41) is 3.51. The van der Waals surface area contributed by atoms with Crippen molar-refractivity contribution in [2.45, 2.75) is 32.0 Å². The number of halogens is 3. The van der Waals surface area contributed by atoms with Crippen LogP contribution >= 0.6 is 11.3 Å². The van der Waals surface area contributed by atoms with Crippen molar-refractivity contribution in [2.24, 2.45) is 18.7 Å². The highest BCUT2D eigenvalue weighted by Crippen LogP contribution is 2.33. The van der Waals surface area contributed by atoms with E-state index in [1.807, 2.05) is 0 Å². The fourth-order valence-electron chi connectivity index (χ4n) is 4.67. The van der Waals surface area contributed by atoms with Gasteiger partial charge in [0.15, 0.2) is 10.9 Å². The van der Waals surface area contributed by atoms with Crippen LogP contribution in [0.4, 0.5) is 24.3 Å². The molecular formula is C26H25F3N6O4S. The molecule has 40 heavy (non-hydrogen) atoms. The molecule has 0 saturated carbocycles. The first-order valence-corrected chi connectivity index (χ1v) is 13.3. The number of alkyl halides is 3. The molecule has 1 aliphatic heterocycles. The Bertz CT molecular complexity index is 1610. The Morgan fingerprint density at radius 1 is 1.07 bits per heavy atom. The molecule has 2 amide bonds. The number of primary amides is 1. The lowest BCUT2D eigenvalue weighted by Gasteiger charge is -2.30. The third-order valence-corrected chi connectivity index (χ3v) is 7.76. The Morgan fingerprint density at radius 2 is 1.82 bits per heavy atom. The number of carbonyl (C=O) groups is 3. The van der Waals surface area contributed by atoms with E-state index in [9.17, 15) is 27.6 Å². The number of aromatic nitrogens is 3. The average Bonchev–Trinajstić information content (AvgIpc) is 3.45. The number of hydrogen-bond donors (Lipinski definition) is 2. The van der Waals surface area contributed by atoms with Crippen molar-refractivity contribution in [1.29, 1.82) is 0 Å². The van der Waals surface area contributed by atoms with Gasteiger partial charge < -0.3 is 25.3 Å². The zero-order chi connectivity index (χ0) is 28.6. The number of aryl methyl sites for hydroxylation is 1. The fraction of sp³-hybridized carbons (Fsp3) is 0.346. The maximum absolute atomic E-state index is 12.8. The molecule has 5 rings (SSSR count). The second-order valence-electron chi connectivity index (χ2n) is 9.50. The van der Waals surface area contributed by atoms with Crippen molar-refractivity contribution in [3.8, 4) is 5.75 Å². The quantitative estimate of drug-likeness (QED) is 0.296. The number of rotatable bonds is 8. The number of nitrogens with one attached hydrogen (secondary N) is 1. The number of imidazole rings is 1. The molecule has 1 aliphatic rings. The molecule has 4 aromatic rings. The highest BCUT2D eigenvalue weighted by molar-refractivity contribution is 7.22. The van der Waals surface area contributed by atoms with Gasteiger partial charge in [-0.3, -0.25) is 14.4 Å². The van der Waals surface area contributed by atoms with Gasteiger partial charge in [0, 0.05) is 50.5 Å². The van der Waals surface area contributed by atoms with Gasteiger partial charge >= 0.3 is 6.36 Å². The van der Waals surface area contributed by atoms with E-state index in [1.54, 1.807) is 34.7 Å². The van der Waals surface area contributed by atoms with Crippen LogP contribution in [0.2, 0.25) is 0 Å². The number of ether oxygens (including phenoxy) is 1. The minimum atomic E-state index is -4.78. The summed E-state index contributed by atoms with van der Waals surface area (Å²) in [6.07, 6.45) is -3.60. The number of ketones is 1. The minimum Gasteiger partial charge on any atom is -0.406 e. The van der Waals surface area contributed by atoms with E-state index >= 15 is 0 Å². The number of thiazole rings is 1. The molecule has 0 atom stereocenters. The van der Waals surface area contributed by atoms with Gasteiger partial charge in [-0.15, -0.1) is 13.2 Å². The van der Waals surface area contributed by atoms with Crippen LogP contribution in [0.25, 0.3) is 21.3 Å². The molecule has 0 spiro atoms. The summed E-state index contributed by atoms with van der Waals surface area (Å²) >= 11 is 1.15. The first-order valence-electron chi connectivity index (χ1n) is 12.5. The molecule has 0 aliphatic carbocycles. The lowest BCUT2D eigenvalue weighted by Crippen LogP contribution is -2.41. The Kier molecular flexibility index (Phi) is 7.36. The predicted octanol–water partition coefficient (Wildman–Crippen LogP) is 4.51. The number of piperidine rings is 1. The molecule has 3 N–H and O–H groups in total. The number of nitrogens with two attached hydrogens (primary N) is 1. The van der Waals surface area contributed by atoms with Crippen LogP contribution in [0.5, 0.6) is 5.75 Å². The van der Waals surface area contributed by atoms with Crippen LogP contribution in [0.1, 0.15) is 36.0 Å². The van der Waals surface area contributed by atoms with Crippen LogP contribution in [-0.2, 0) is 16.6 Å². The van der Waals surface area contributed by atoms with Crippen LogP contribution in [0.3, 0.4) is 0 Å². The normalized spacial score (nSPS) is 14.6. The third-order valence-electron chi connectivity index (χ3n) is 6.83. The predicted molar refractivity (Wildman–Crippen MR) is 142 cm³/mol. The number of likely N-dealkylation sites (tertiary alicyclic amines) is 1. The zero-order valence-corrected chi connectivity index (χ0v) is 22.1. The van der Waals surface area contributed by atoms with Gasteiger partial charge in [0.05, 0.1) is 21.3 Å². The molecule has 0 unspecified atom stereocenters. The van der Waals surface area contributed by atoms with E-state index < -0.39 is 6.36 Å². The maximum Gasteiger partial charge on any atom is 0.573 e. The van der Waals surface area contributed by atoms with Gasteiger partial charge in [0.25, 0.3) is 0 Å². The van der Waals surface area contributed by atoms with Crippen molar-refractivity contribution in [3.63, 3.8) is 0 Å². The molecule has 2 aromatic carbocycles. The van der Waals surface area contributed by atoms with Crippen LogP contribution in [-0.4, -0.2) is 56.5 Å². The first-order chi connectivity index (χ1) is 19.0. The molecule has 1 fully saturated rings. The molecule has 2 aromatic heterocycles. The first kappa shape index (κ1) is 27.4. The van der Waals surface area contributed by atoms with E-state index in [0.29, 0.717) is 58.3 Å². The van der Waals surface area contributed by atoms with Gasteiger partial charge in [-0.05, 0) is 43.2 Å². The number of hydrogen-bond acceptors (Lipinski definition) is 8. The second-order valence-corrected chi connectivity index (χ2v) is 10.5. The number of nitrogens with zero attached hydrogens (tertiary/aromatic N) is 4. The van der Waals surface area contributed by atoms with Crippen molar-refractivity contribution in [2.75, 3.05) is 18.4 Å². The van der Waals surface area contributed by atoms with E-state index in [2.05, 4.69) is 20.0 Å². The molecule has 0 bridgehead atoms. The summed E-state index contributed by atoms with van der Waals surface area (Å²) in [4.78, 5) is 47.3. The number of amides is 2. The highest BCUT2D eigenvalue weighted by Gasteiger charge is 2.31. The molecule has 0 radical (unpaired) electrons. The van der Waals surface area contributed by atoms with Crippen molar-refractivity contribution in [3.05, 3.63) is 42.0 Å². The number of carbonyl (C=O) groups excluding carboxylic acids is 3. The number of benzene rings is 2. The smallest absolute Gasteiger partial charge is 0.406 e. The van der Waals surface area contributed by atoms with Gasteiger partial charge in [-0.25, -0.2) is 9.97 Å². The van der Waals surface area contributed by atoms with E-state index in [1.165, 1.54) is 18.2 Å². The molecule has 210 valence electrons. The number of fused-ring (bicyclic) bond motifs is 2. The summed E-state index contributed by atoms with van der Waals surface area (Å²) in [7, 11) is 1.78. The fourth-order valence-corrected chi connectivity index (χ4v) is 5.56. The largest absolute Gasteiger partial charge is 0.573 e. The van der Waals surface area contributed by atoms with Gasteiger partial charge in [-0.1, -0.05) is 11.3 Å². The summed E-state index contributed by atoms with van der Waals surface area (Å²) in [5.74, 6) is -0.778. The number of Topliss-reactive ketones (excluding diaryl/α,β-unsaturated/α-hetero) is 1. The SMILES string of the molecule is Cn1c(Nc2nc3ccc(OC(F)(F)F)cc3s2)nc2cc(C(=O)CCC(=O)N3CCC(C(N)=O)CC3)ccc21. The Labute approximate surface area is 229 Å². The summed E-state index contributed by atoms with van der Waals surface area (Å²) in [5.41, 5.74) is 7.57.